The van der Waals surface area contributed by atoms with Crippen LogP contribution in [0.5, 0.6) is 0 Å². The fraction of sp³-hybridized carbons (Fsp3) is 0. The van der Waals surface area contributed by atoms with Crippen molar-refractivity contribution in [2.75, 3.05) is 4.90 Å². The summed E-state index contributed by atoms with van der Waals surface area (Å²) in [4.78, 5) is 2.43. The fourth-order valence-electron chi connectivity index (χ4n) is 8.38. The molecule has 0 unspecified atom stereocenters. The zero-order valence-electron chi connectivity index (χ0n) is 29.9. The molecule has 0 spiro atoms. The third-order valence-corrected chi connectivity index (χ3v) is 12.1. The van der Waals surface area contributed by atoms with Crippen molar-refractivity contribution >= 4 is 81.1 Å². The predicted molar refractivity (Wildman–Crippen MR) is 237 cm³/mol. The molecule has 0 N–H and O–H groups in total. The standard InChI is InChI=1S/C52H34N2S/c1-3-13-35(14-4-1)37-15-11-18-43(32-37)53(48-22-12-23-49-52(48)45-20-7-9-21-47(45)54(49)41-16-5-2-6-17-41)42-29-27-36(28-30-42)38-25-26-39-33-46-44-19-8-10-24-50(44)55-51(46)34-40(39)31-38/h1-34H. The molecule has 0 atom stereocenters. The Kier molecular flexibility index (Phi) is 7.39. The van der Waals surface area contributed by atoms with E-state index in [4.69, 9.17) is 0 Å². The van der Waals surface area contributed by atoms with E-state index in [1.807, 2.05) is 11.3 Å². The third-order valence-electron chi connectivity index (χ3n) is 10.9. The molecule has 2 aromatic heterocycles. The summed E-state index contributed by atoms with van der Waals surface area (Å²) in [5.41, 5.74) is 11.6. The van der Waals surface area contributed by atoms with Gasteiger partial charge in [0.15, 0.2) is 0 Å². The van der Waals surface area contributed by atoms with Crippen molar-refractivity contribution in [1.29, 1.82) is 0 Å². The average Bonchev–Trinajstić information content (AvgIpc) is 3.79. The number of thiophene rings is 1. The number of nitrogens with zero attached hydrogens (tertiary/aromatic N) is 2. The zero-order valence-corrected chi connectivity index (χ0v) is 30.7. The number of hydrogen-bond acceptors (Lipinski definition) is 2. The van der Waals surface area contributed by atoms with Crippen molar-refractivity contribution in [2.45, 2.75) is 0 Å². The molecular weight excluding hydrogens is 685 g/mol. The number of rotatable bonds is 6. The van der Waals surface area contributed by atoms with Crippen molar-refractivity contribution in [3.63, 3.8) is 0 Å². The van der Waals surface area contributed by atoms with Crippen LogP contribution in [0.3, 0.4) is 0 Å². The van der Waals surface area contributed by atoms with Gasteiger partial charge in [-0.1, -0.05) is 127 Å². The van der Waals surface area contributed by atoms with Crippen LogP contribution in [-0.4, -0.2) is 4.57 Å². The number of fused-ring (bicyclic) bond motifs is 7. The molecule has 2 nitrogen and oxygen atoms in total. The lowest BCUT2D eigenvalue weighted by molar-refractivity contribution is 1.18. The first-order valence-corrected chi connectivity index (χ1v) is 19.6. The van der Waals surface area contributed by atoms with Gasteiger partial charge in [0.25, 0.3) is 0 Å². The summed E-state index contributed by atoms with van der Waals surface area (Å²) in [6, 6.07) is 75.2. The van der Waals surface area contributed by atoms with Gasteiger partial charge >= 0.3 is 0 Å². The van der Waals surface area contributed by atoms with E-state index in [9.17, 15) is 0 Å². The first kappa shape index (κ1) is 31.6. The smallest absolute Gasteiger partial charge is 0.0562 e. The maximum absolute atomic E-state index is 2.43. The van der Waals surface area contributed by atoms with Crippen molar-refractivity contribution in [3.05, 3.63) is 206 Å². The van der Waals surface area contributed by atoms with Gasteiger partial charge in [0.2, 0.25) is 0 Å². The molecule has 0 aliphatic carbocycles. The minimum Gasteiger partial charge on any atom is -0.310 e. The van der Waals surface area contributed by atoms with Gasteiger partial charge < -0.3 is 9.47 Å². The number of para-hydroxylation sites is 2. The minimum absolute atomic E-state index is 1.10. The Labute approximate surface area is 323 Å². The Morgan fingerprint density at radius 2 is 1.02 bits per heavy atom. The van der Waals surface area contributed by atoms with Crippen LogP contribution in [0.15, 0.2) is 206 Å². The quantitative estimate of drug-likeness (QED) is 0.166. The van der Waals surface area contributed by atoms with E-state index in [0.717, 1.165) is 22.7 Å². The largest absolute Gasteiger partial charge is 0.310 e. The monoisotopic (exact) mass is 718 g/mol. The Morgan fingerprint density at radius 1 is 0.364 bits per heavy atom. The summed E-state index contributed by atoms with van der Waals surface area (Å²) in [7, 11) is 0. The van der Waals surface area contributed by atoms with Crippen LogP contribution in [0.4, 0.5) is 17.1 Å². The lowest BCUT2D eigenvalue weighted by Gasteiger charge is -2.27. The van der Waals surface area contributed by atoms with E-state index in [0.29, 0.717) is 0 Å². The van der Waals surface area contributed by atoms with E-state index in [1.54, 1.807) is 0 Å². The lowest BCUT2D eigenvalue weighted by Crippen LogP contribution is -2.10. The van der Waals surface area contributed by atoms with Crippen molar-refractivity contribution in [2.24, 2.45) is 0 Å². The molecule has 55 heavy (non-hydrogen) atoms. The van der Waals surface area contributed by atoms with E-state index >= 15 is 0 Å². The van der Waals surface area contributed by atoms with E-state index in [2.05, 4.69) is 216 Å². The number of benzene rings is 9. The molecule has 2 heterocycles. The summed E-state index contributed by atoms with van der Waals surface area (Å²) in [5, 5.41) is 7.65. The van der Waals surface area contributed by atoms with Crippen molar-refractivity contribution < 1.29 is 0 Å². The molecule has 0 radical (unpaired) electrons. The Balaban J connectivity index is 1.08. The van der Waals surface area contributed by atoms with Gasteiger partial charge in [-0.25, -0.2) is 0 Å². The molecule has 11 rings (SSSR count). The summed E-state index contributed by atoms with van der Waals surface area (Å²) in [5.74, 6) is 0. The number of hydrogen-bond donors (Lipinski definition) is 0. The predicted octanol–water partition coefficient (Wildman–Crippen LogP) is 15.1. The van der Waals surface area contributed by atoms with Crippen molar-refractivity contribution in [1.82, 2.24) is 4.57 Å². The van der Waals surface area contributed by atoms with Gasteiger partial charge in [-0.2, -0.15) is 0 Å². The second-order valence-corrected chi connectivity index (χ2v) is 15.3. The molecule has 0 saturated heterocycles. The zero-order chi connectivity index (χ0) is 36.3. The average molecular weight is 719 g/mol. The lowest BCUT2D eigenvalue weighted by atomic mass is 9.99. The molecule has 3 heteroatoms. The molecule has 0 bridgehead atoms. The second-order valence-electron chi connectivity index (χ2n) is 14.2. The van der Waals surface area contributed by atoms with E-state index < -0.39 is 0 Å². The topological polar surface area (TPSA) is 8.17 Å². The Bertz CT molecular complexity index is 3190. The molecule has 9 aromatic carbocycles. The maximum Gasteiger partial charge on any atom is 0.0562 e. The SMILES string of the molecule is c1ccc(-c2cccc(N(c3ccc(-c4ccc5cc6c(cc5c4)sc4ccccc46)cc3)c3cccc4c3c3ccccc3n4-c3ccccc3)c2)cc1. The highest BCUT2D eigenvalue weighted by Gasteiger charge is 2.21. The molecule has 258 valence electrons. The van der Waals surface area contributed by atoms with E-state index in [-0.39, 0.29) is 0 Å². The van der Waals surface area contributed by atoms with Crippen LogP contribution in [0, 0.1) is 0 Å². The molecule has 0 aliphatic heterocycles. The normalized spacial score (nSPS) is 11.6. The Morgan fingerprint density at radius 3 is 1.87 bits per heavy atom. The second kappa shape index (κ2) is 12.9. The van der Waals surface area contributed by atoms with Crippen molar-refractivity contribution in [3.8, 4) is 27.9 Å². The summed E-state index contributed by atoms with van der Waals surface area (Å²) >= 11 is 1.87. The molecule has 0 fully saturated rings. The van der Waals surface area contributed by atoms with Crippen LogP contribution in [0.2, 0.25) is 0 Å². The number of aromatic nitrogens is 1. The summed E-state index contributed by atoms with van der Waals surface area (Å²) < 4.78 is 5.06. The minimum atomic E-state index is 1.10. The van der Waals surface area contributed by atoms with Crippen LogP contribution in [0.25, 0.3) is 80.7 Å². The highest BCUT2D eigenvalue weighted by Crippen LogP contribution is 2.45. The molecule has 0 saturated carbocycles. The first-order chi connectivity index (χ1) is 27.3. The van der Waals surface area contributed by atoms with Gasteiger partial charge in [0.1, 0.15) is 0 Å². The van der Waals surface area contributed by atoms with Gasteiger partial charge in [-0.15, -0.1) is 11.3 Å². The third kappa shape index (κ3) is 5.32. The van der Waals surface area contributed by atoms with Crippen LogP contribution in [-0.2, 0) is 0 Å². The molecule has 0 aliphatic rings. The Hall–Kier alpha value is -6.94. The molecule has 11 aromatic rings. The van der Waals surface area contributed by atoms with Gasteiger partial charge in [-0.3, -0.25) is 0 Å². The molecule has 0 amide bonds. The van der Waals surface area contributed by atoms with Crippen LogP contribution < -0.4 is 4.90 Å². The first-order valence-electron chi connectivity index (χ1n) is 18.8. The van der Waals surface area contributed by atoms with Gasteiger partial charge in [-0.05, 0) is 112 Å². The maximum atomic E-state index is 2.43. The van der Waals surface area contributed by atoms with Gasteiger partial charge in [0, 0.05) is 48.0 Å². The summed E-state index contributed by atoms with van der Waals surface area (Å²) in [6.07, 6.45) is 0. The van der Waals surface area contributed by atoms with E-state index in [1.165, 1.54) is 75.0 Å². The molecular formula is C52H34N2S. The van der Waals surface area contributed by atoms with Crippen LogP contribution >= 0.6 is 11.3 Å². The highest BCUT2D eigenvalue weighted by molar-refractivity contribution is 7.25. The van der Waals surface area contributed by atoms with Crippen LogP contribution in [0.1, 0.15) is 0 Å². The highest BCUT2D eigenvalue weighted by atomic mass is 32.1. The summed E-state index contributed by atoms with van der Waals surface area (Å²) in [6.45, 7) is 0. The van der Waals surface area contributed by atoms with Gasteiger partial charge in [0.05, 0.1) is 16.7 Å². The fourth-order valence-corrected chi connectivity index (χ4v) is 9.51. The number of anilines is 3.